The van der Waals surface area contributed by atoms with Crippen LogP contribution in [0.4, 0.5) is 0 Å². The molecule has 1 heterocycles. The van der Waals surface area contributed by atoms with Crippen LogP contribution in [-0.4, -0.2) is 19.1 Å². The van der Waals surface area contributed by atoms with Crippen molar-refractivity contribution in [2.45, 2.75) is 19.8 Å². The van der Waals surface area contributed by atoms with Crippen LogP contribution in [-0.2, 0) is 9.53 Å². The average molecular weight is 157 g/mol. The van der Waals surface area contributed by atoms with E-state index in [-0.39, 0.29) is 11.8 Å². The molecule has 3 heteroatoms. The minimum atomic E-state index is -0.208. The van der Waals surface area contributed by atoms with Crippen molar-refractivity contribution in [3.63, 3.8) is 0 Å². The van der Waals surface area contributed by atoms with E-state index in [2.05, 4.69) is 0 Å². The number of hydrogen-bond donors (Lipinski definition) is 1. The number of primary amides is 1. The summed E-state index contributed by atoms with van der Waals surface area (Å²) in [6.07, 6.45) is 2.13. The van der Waals surface area contributed by atoms with Gasteiger partial charge in [-0.05, 0) is 18.8 Å². The minimum Gasteiger partial charge on any atom is -0.381 e. The van der Waals surface area contributed by atoms with Gasteiger partial charge < -0.3 is 10.5 Å². The number of ether oxygens (including phenoxy) is 1. The molecular weight excluding hydrogens is 142 g/mol. The van der Waals surface area contributed by atoms with Crippen molar-refractivity contribution in [3.05, 3.63) is 0 Å². The van der Waals surface area contributed by atoms with Crippen molar-refractivity contribution < 1.29 is 9.53 Å². The number of hydrogen-bond acceptors (Lipinski definition) is 2. The molecule has 0 aliphatic carbocycles. The monoisotopic (exact) mass is 157 g/mol. The van der Waals surface area contributed by atoms with E-state index in [1.54, 1.807) is 0 Å². The van der Waals surface area contributed by atoms with Gasteiger partial charge in [0.1, 0.15) is 0 Å². The van der Waals surface area contributed by atoms with E-state index in [4.69, 9.17) is 10.5 Å². The maximum Gasteiger partial charge on any atom is 0.220 e. The standard InChI is InChI=1S/C8H15NO2/c1-6(8(9)10)7-3-2-4-11-5-7/h6-7H,2-5H2,1H3,(H2,9,10)/t6?,7-/m0/s1. The molecule has 0 aromatic heterocycles. The Kier molecular flexibility index (Phi) is 2.88. The molecule has 0 radical (unpaired) electrons. The molecule has 0 aromatic carbocycles. The largest absolute Gasteiger partial charge is 0.381 e. The minimum absolute atomic E-state index is 0.0321. The van der Waals surface area contributed by atoms with E-state index in [9.17, 15) is 4.79 Å². The first-order valence-corrected chi connectivity index (χ1v) is 4.09. The zero-order valence-electron chi connectivity index (χ0n) is 6.88. The van der Waals surface area contributed by atoms with Crippen molar-refractivity contribution in [2.24, 2.45) is 17.6 Å². The molecule has 2 N–H and O–H groups in total. The van der Waals surface area contributed by atoms with Crippen molar-refractivity contribution in [1.29, 1.82) is 0 Å². The lowest BCUT2D eigenvalue weighted by Gasteiger charge is -2.25. The fourth-order valence-electron chi connectivity index (χ4n) is 1.39. The Bertz CT molecular complexity index is 141. The van der Waals surface area contributed by atoms with Gasteiger partial charge in [-0.2, -0.15) is 0 Å². The van der Waals surface area contributed by atoms with Gasteiger partial charge in [0, 0.05) is 12.5 Å². The van der Waals surface area contributed by atoms with Crippen LogP contribution < -0.4 is 5.73 Å². The summed E-state index contributed by atoms with van der Waals surface area (Å²) in [6.45, 7) is 3.41. The van der Waals surface area contributed by atoms with Crippen molar-refractivity contribution in [2.75, 3.05) is 13.2 Å². The first kappa shape index (κ1) is 8.53. The van der Waals surface area contributed by atoms with Gasteiger partial charge in [0.15, 0.2) is 0 Å². The third-order valence-corrected chi connectivity index (χ3v) is 2.35. The Morgan fingerprint density at radius 3 is 2.91 bits per heavy atom. The van der Waals surface area contributed by atoms with Gasteiger partial charge in [-0.3, -0.25) is 4.79 Å². The average Bonchev–Trinajstić information content (AvgIpc) is 2.05. The van der Waals surface area contributed by atoms with Crippen LogP contribution in [0.2, 0.25) is 0 Å². The molecule has 0 saturated carbocycles. The Balaban J connectivity index is 2.38. The van der Waals surface area contributed by atoms with Crippen LogP contribution in [0.15, 0.2) is 0 Å². The second-order valence-electron chi connectivity index (χ2n) is 3.17. The highest BCUT2D eigenvalue weighted by atomic mass is 16.5. The van der Waals surface area contributed by atoms with Crippen LogP contribution in [0.25, 0.3) is 0 Å². The highest BCUT2D eigenvalue weighted by Crippen LogP contribution is 2.21. The van der Waals surface area contributed by atoms with Crippen LogP contribution in [0.5, 0.6) is 0 Å². The number of rotatable bonds is 2. The molecular formula is C8H15NO2. The number of carbonyl (C=O) groups is 1. The summed E-state index contributed by atoms with van der Waals surface area (Å²) >= 11 is 0. The predicted octanol–water partition coefficient (Wildman–Crippen LogP) is 0.534. The first-order chi connectivity index (χ1) is 5.22. The Hall–Kier alpha value is -0.570. The molecule has 1 saturated heterocycles. The summed E-state index contributed by atoms with van der Waals surface area (Å²) in [7, 11) is 0. The van der Waals surface area contributed by atoms with E-state index in [1.807, 2.05) is 6.92 Å². The third kappa shape index (κ3) is 2.19. The van der Waals surface area contributed by atoms with Gasteiger partial charge in [0.25, 0.3) is 0 Å². The highest BCUT2D eigenvalue weighted by Gasteiger charge is 2.23. The fourth-order valence-corrected chi connectivity index (χ4v) is 1.39. The summed E-state index contributed by atoms with van der Waals surface area (Å²) in [5, 5.41) is 0. The van der Waals surface area contributed by atoms with Crippen LogP contribution in [0.1, 0.15) is 19.8 Å². The van der Waals surface area contributed by atoms with Crippen LogP contribution in [0.3, 0.4) is 0 Å². The second-order valence-corrected chi connectivity index (χ2v) is 3.17. The normalized spacial score (nSPS) is 27.9. The van der Waals surface area contributed by atoms with Gasteiger partial charge in [0.2, 0.25) is 5.91 Å². The molecule has 1 rings (SSSR count). The lowest BCUT2D eigenvalue weighted by atomic mass is 9.89. The van der Waals surface area contributed by atoms with Crippen molar-refractivity contribution in [1.82, 2.24) is 0 Å². The molecule has 0 bridgehead atoms. The summed E-state index contributed by atoms with van der Waals surface area (Å²) < 4.78 is 5.25. The highest BCUT2D eigenvalue weighted by molar-refractivity contribution is 5.76. The predicted molar refractivity (Wildman–Crippen MR) is 41.9 cm³/mol. The molecule has 1 amide bonds. The van der Waals surface area contributed by atoms with Crippen LogP contribution >= 0.6 is 0 Å². The second kappa shape index (κ2) is 3.72. The molecule has 1 unspecified atom stereocenters. The molecule has 1 fully saturated rings. The summed E-state index contributed by atoms with van der Waals surface area (Å²) in [4.78, 5) is 10.8. The smallest absolute Gasteiger partial charge is 0.220 e. The quantitative estimate of drug-likeness (QED) is 0.635. The van der Waals surface area contributed by atoms with E-state index in [0.717, 1.165) is 19.4 Å². The van der Waals surface area contributed by atoms with Gasteiger partial charge >= 0.3 is 0 Å². The maximum absolute atomic E-state index is 10.8. The first-order valence-electron chi connectivity index (χ1n) is 4.09. The molecule has 64 valence electrons. The Morgan fingerprint density at radius 1 is 1.73 bits per heavy atom. The lowest BCUT2D eigenvalue weighted by Crippen LogP contribution is -2.32. The van der Waals surface area contributed by atoms with Crippen LogP contribution in [0, 0.1) is 11.8 Å². The van der Waals surface area contributed by atoms with E-state index in [1.165, 1.54) is 0 Å². The zero-order chi connectivity index (χ0) is 8.27. The maximum atomic E-state index is 10.8. The summed E-state index contributed by atoms with van der Waals surface area (Å²) in [6, 6.07) is 0. The molecule has 11 heavy (non-hydrogen) atoms. The number of carbonyl (C=O) groups excluding carboxylic acids is 1. The molecule has 3 nitrogen and oxygen atoms in total. The molecule has 1 aliphatic rings. The Labute approximate surface area is 66.9 Å². The fraction of sp³-hybridized carbons (Fsp3) is 0.875. The van der Waals surface area contributed by atoms with Gasteiger partial charge in [-0.15, -0.1) is 0 Å². The topological polar surface area (TPSA) is 52.3 Å². The van der Waals surface area contributed by atoms with Gasteiger partial charge in [-0.25, -0.2) is 0 Å². The Morgan fingerprint density at radius 2 is 2.45 bits per heavy atom. The molecule has 1 aliphatic heterocycles. The van der Waals surface area contributed by atoms with Gasteiger partial charge in [-0.1, -0.05) is 6.92 Å². The lowest BCUT2D eigenvalue weighted by molar-refractivity contribution is -0.124. The summed E-state index contributed by atoms with van der Waals surface area (Å²) in [5.74, 6) is 0.108. The number of nitrogens with two attached hydrogens (primary N) is 1. The SMILES string of the molecule is CC(C(N)=O)[C@H]1CCCOC1. The van der Waals surface area contributed by atoms with Crippen molar-refractivity contribution in [3.8, 4) is 0 Å². The van der Waals surface area contributed by atoms with Gasteiger partial charge in [0.05, 0.1) is 6.61 Å². The zero-order valence-corrected chi connectivity index (χ0v) is 6.88. The van der Waals surface area contributed by atoms with E-state index < -0.39 is 0 Å². The third-order valence-electron chi connectivity index (χ3n) is 2.35. The molecule has 0 spiro atoms. The van der Waals surface area contributed by atoms with E-state index in [0.29, 0.717) is 12.5 Å². The summed E-state index contributed by atoms with van der Waals surface area (Å²) in [5.41, 5.74) is 5.17. The molecule has 2 atom stereocenters. The molecule has 0 aromatic rings. The number of amides is 1. The van der Waals surface area contributed by atoms with E-state index >= 15 is 0 Å². The van der Waals surface area contributed by atoms with Crippen molar-refractivity contribution >= 4 is 5.91 Å².